The van der Waals surface area contributed by atoms with Gasteiger partial charge >= 0.3 is 0 Å². The summed E-state index contributed by atoms with van der Waals surface area (Å²) in [4.78, 5) is 27.8. The molecule has 1 heterocycles. The summed E-state index contributed by atoms with van der Waals surface area (Å²) >= 11 is 0. The molecule has 112 valence electrons. The Kier molecular flexibility index (Phi) is 3.57. The maximum Gasteiger partial charge on any atom is 0.265 e. The molecule has 1 aliphatic carbocycles. The monoisotopic (exact) mass is 288 g/mol. The zero-order valence-corrected chi connectivity index (χ0v) is 12.4. The molecular formula is C16H20N2O3. The van der Waals surface area contributed by atoms with Crippen molar-refractivity contribution in [2.24, 2.45) is 5.92 Å². The number of likely N-dealkylation sites (N-methyl/N-ethyl adjacent to an activating group) is 1. The number of benzene rings is 1. The van der Waals surface area contributed by atoms with Crippen LogP contribution in [0.15, 0.2) is 24.3 Å². The molecule has 0 bridgehead atoms. The summed E-state index contributed by atoms with van der Waals surface area (Å²) in [6.45, 7) is 2.14. The third-order valence-electron chi connectivity index (χ3n) is 4.41. The van der Waals surface area contributed by atoms with E-state index >= 15 is 0 Å². The molecule has 2 aliphatic rings. The van der Waals surface area contributed by atoms with Gasteiger partial charge < -0.3 is 9.64 Å². The number of carbonyl (C=O) groups is 2. The van der Waals surface area contributed by atoms with Gasteiger partial charge in [0.25, 0.3) is 5.91 Å². The molecule has 1 aromatic rings. The van der Waals surface area contributed by atoms with Gasteiger partial charge in [-0.1, -0.05) is 12.1 Å². The fourth-order valence-corrected chi connectivity index (χ4v) is 2.70. The van der Waals surface area contributed by atoms with Crippen molar-refractivity contribution in [2.45, 2.75) is 25.8 Å². The molecule has 0 unspecified atom stereocenters. The lowest BCUT2D eigenvalue weighted by Crippen LogP contribution is -2.47. The summed E-state index contributed by atoms with van der Waals surface area (Å²) in [7, 11) is 1.82. The smallest absolute Gasteiger partial charge is 0.265 e. The molecule has 0 saturated heterocycles. The molecule has 5 heteroatoms. The molecule has 1 fully saturated rings. The van der Waals surface area contributed by atoms with E-state index in [0.29, 0.717) is 17.4 Å². The Bertz CT molecular complexity index is 568. The molecule has 1 aromatic carbocycles. The van der Waals surface area contributed by atoms with Crippen LogP contribution in [0.3, 0.4) is 0 Å². The number of amides is 2. The van der Waals surface area contributed by atoms with Crippen molar-refractivity contribution in [3.63, 3.8) is 0 Å². The Hall–Kier alpha value is -2.04. The number of hydrogen-bond donors (Lipinski definition) is 0. The van der Waals surface area contributed by atoms with Crippen LogP contribution in [-0.2, 0) is 9.59 Å². The Morgan fingerprint density at radius 3 is 2.86 bits per heavy atom. The van der Waals surface area contributed by atoms with Gasteiger partial charge in [0.05, 0.1) is 5.69 Å². The third-order valence-corrected chi connectivity index (χ3v) is 4.41. The van der Waals surface area contributed by atoms with E-state index in [-0.39, 0.29) is 31.0 Å². The molecule has 1 saturated carbocycles. The number of rotatable bonds is 4. The van der Waals surface area contributed by atoms with Gasteiger partial charge in [-0.05, 0) is 37.8 Å². The van der Waals surface area contributed by atoms with E-state index in [1.807, 2.05) is 31.3 Å². The molecule has 3 rings (SSSR count). The van der Waals surface area contributed by atoms with Gasteiger partial charge in [-0.25, -0.2) is 0 Å². The lowest BCUT2D eigenvalue weighted by atomic mass is 10.2. The second-order valence-electron chi connectivity index (χ2n) is 5.82. The number of ether oxygens (including phenoxy) is 1. The average molecular weight is 288 g/mol. The second kappa shape index (κ2) is 5.39. The number of anilines is 1. The van der Waals surface area contributed by atoms with Gasteiger partial charge in [0.2, 0.25) is 5.91 Å². The van der Waals surface area contributed by atoms with Crippen LogP contribution in [0.5, 0.6) is 5.75 Å². The molecule has 1 atom stereocenters. The number of para-hydroxylation sites is 2. The van der Waals surface area contributed by atoms with E-state index < -0.39 is 0 Å². The van der Waals surface area contributed by atoms with Crippen LogP contribution in [0.4, 0.5) is 5.69 Å². The van der Waals surface area contributed by atoms with Gasteiger partial charge in [-0.2, -0.15) is 0 Å². The quantitative estimate of drug-likeness (QED) is 0.847. The highest BCUT2D eigenvalue weighted by Crippen LogP contribution is 2.35. The van der Waals surface area contributed by atoms with Crippen molar-refractivity contribution >= 4 is 17.5 Å². The highest BCUT2D eigenvalue weighted by Gasteiger charge is 2.34. The van der Waals surface area contributed by atoms with E-state index in [1.54, 1.807) is 4.90 Å². The first kappa shape index (κ1) is 13.9. The van der Waals surface area contributed by atoms with Gasteiger partial charge in [-0.15, -0.1) is 0 Å². The maximum atomic E-state index is 12.4. The Morgan fingerprint density at radius 1 is 1.43 bits per heavy atom. The first-order valence-corrected chi connectivity index (χ1v) is 7.36. The van der Waals surface area contributed by atoms with Crippen molar-refractivity contribution in [3.05, 3.63) is 24.3 Å². The van der Waals surface area contributed by atoms with Crippen LogP contribution in [0.1, 0.15) is 19.8 Å². The molecule has 2 amide bonds. The summed E-state index contributed by atoms with van der Waals surface area (Å²) in [5.41, 5.74) is 0.676. The molecule has 1 aliphatic heterocycles. The average Bonchev–Trinajstić information content (AvgIpc) is 3.33. The lowest BCUT2D eigenvalue weighted by Gasteiger charge is -2.32. The predicted molar refractivity (Wildman–Crippen MR) is 79.2 cm³/mol. The van der Waals surface area contributed by atoms with Crippen molar-refractivity contribution in [2.75, 3.05) is 25.1 Å². The summed E-state index contributed by atoms with van der Waals surface area (Å²) in [6, 6.07) is 7.56. The minimum absolute atomic E-state index is 0.00775. The number of hydrogen-bond acceptors (Lipinski definition) is 3. The van der Waals surface area contributed by atoms with E-state index in [2.05, 4.69) is 6.92 Å². The van der Waals surface area contributed by atoms with Crippen LogP contribution < -0.4 is 9.64 Å². The fourth-order valence-electron chi connectivity index (χ4n) is 2.70. The third kappa shape index (κ3) is 2.73. The minimum Gasteiger partial charge on any atom is -0.482 e. The van der Waals surface area contributed by atoms with Crippen LogP contribution in [0.25, 0.3) is 0 Å². The Morgan fingerprint density at radius 2 is 2.14 bits per heavy atom. The van der Waals surface area contributed by atoms with Crippen LogP contribution in [-0.4, -0.2) is 43.0 Å². The topological polar surface area (TPSA) is 49.9 Å². The van der Waals surface area contributed by atoms with Gasteiger partial charge in [-0.3, -0.25) is 14.5 Å². The first-order chi connectivity index (χ1) is 10.1. The van der Waals surface area contributed by atoms with Crippen LogP contribution in [0.2, 0.25) is 0 Å². The van der Waals surface area contributed by atoms with E-state index in [1.165, 1.54) is 17.7 Å². The molecule has 21 heavy (non-hydrogen) atoms. The molecule has 0 spiro atoms. The predicted octanol–water partition coefficient (Wildman–Crippen LogP) is 1.67. The number of fused-ring (bicyclic) bond motifs is 1. The van der Waals surface area contributed by atoms with Crippen LogP contribution >= 0.6 is 0 Å². The summed E-state index contributed by atoms with van der Waals surface area (Å²) in [5.74, 6) is 1.07. The Labute approximate surface area is 124 Å². The Balaban J connectivity index is 1.74. The van der Waals surface area contributed by atoms with Crippen molar-refractivity contribution in [1.82, 2.24) is 4.90 Å². The zero-order chi connectivity index (χ0) is 15.0. The van der Waals surface area contributed by atoms with E-state index in [9.17, 15) is 9.59 Å². The van der Waals surface area contributed by atoms with Gasteiger partial charge in [0.1, 0.15) is 12.3 Å². The van der Waals surface area contributed by atoms with Gasteiger partial charge in [0, 0.05) is 13.1 Å². The summed E-state index contributed by atoms with van der Waals surface area (Å²) < 4.78 is 5.39. The van der Waals surface area contributed by atoms with Crippen LogP contribution in [0, 0.1) is 5.92 Å². The largest absolute Gasteiger partial charge is 0.482 e. The fraction of sp³-hybridized carbons (Fsp3) is 0.500. The van der Waals surface area contributed by atoms with E-state index in [4.69, 9.17) is 4.74 Å². The molecule has 0 aromatic heterocycles. The highest BCUT2D eigenvalue weighted by molar-refractivity contribution is 6.02. The second-order valence-corrected chi connectivity index (χ2v) is 5.82. The van der Waals surface area contributed by atoms with Crippen molar-refractivity contribution in [3.8, 4) is 5.75 Å². The van der Waals surface area contributed by atoms with Gasteiger partial charge in [0.15, 0.2) is 6.61 Å². The normalized spacial score (nSPS) is 18.8. The molecule has 5 nitrogen and oxygen atoms in total. The molecule has 0 radical (unpaired) electrons. The van der Waals surface area contributed by atoms with E-state index in [0.717, 1.165) is 0 Å². The minimum atomic E-state index is -0.172. The van der Waals surface area contributed by atoms with Crippen molar-refractivity contribution in [1.29, 1.82) is 0 Å². The SMILES string of the molecule is C[C@H](C1CC1)N(C)C(=O)CN1C(=O)COc2ccccc21. The summed E-state index contributed by atoms with van der Waals surface area (Å²) in [5, 5.41) is 0. The molecular weight excluding hydrogens is 268 g/mol. The summed E-state index contributed by atoms with van der Waals surface area (Å²) in [6.07, 6.45) is 2.39. The molecule has 0 N–H and O–H groups in total. The maximum absolute atomic E-state index is 12.4. The standard InChI is InChI=1S/C16H20N2O3/c1-11(12-7-8-12)17(2)15(19)9-18-13-5-3-4-6-14(13)21-10-16(18)20/h3-6,11-12H,7-10H2,1-2H3/t11-/m1/s1. The number of nitrogens with zero attached hydrogens (tertiary/aromatic N) is 2. The van der Waals surface area contributed by atoms with Crippen molar-refractivity contribution < 1.29 is 14.3 Å². The lowest BCUT2D eigenvalue weighted by molar-refractivity contribution is -0.132. The highest BCUT2D eigenvalue weighted by atomic mass is 16.5. The number of carbonyl (C=O) groups excluding carboxylic acids is 2. The first-order valence-electron chi connectivity index (χ1n) is 7.36. The zero-order valence-electron chi connectivity index (χ0n) is 12.4.